The van der Waals surface area contributed by atoms with E-state index in [1.54, 1.807) is 23.1 Å². The zero-order valence-corrected chi connectivity index (χ0v) is 17.7. The van der Waals surface area contributed by atoms with Crippen molar-refractivity contribution in [2.24, 2.45) is 0 Å². The van der Waals surface area contributed by atoms with Crippen LogP contribution in [0.1, 0.15) is 40.5 Å². The van der Waals surface area contributed by atoms with E-state index < -0.39 is 11.7 Å². The quantitative estimate of drug-likeness (QED) is 0.768. The van der Waals surface area contributed by atoms with Crippen molar-refractivity contribution in [1.29, 1.82) is 0 Å². The summed E-state index contributed by atoms with van der Waals surface area (Å²) in [7, 11) is 0. The fraction of sp³-hybridized carbons (Fsp3) is 0.579. The summed E-state index contributed by atoms with van der Waals surface area (Å²) in [6.45, 7) is 8.05. The number of nitrogens with zero attached hydrogens (tertiary/aromatic N) is 1. The molecule has 8 heteroatoms. The molecule has 0 unspecified atom stereocenters. The Kier molecular flexibility index (Phi) is 7.23. The lowest BCUT2D eigenvalue weighted by molar-refractivity contribution is -0.133. The third kappa shape index (κ3) is 7.11. The largest absolute Gasteiger partial charge is 0.444 e. The first-order valence-electron chi connectivity index (χ1n) is 9.02. The van der Waals surface area contributed by atoms with E-state index in [9.17, 15) is 9.59 Å². The minimum atomic E-state index is -0.552. The fourth-order valence-corrected chi connectivity index (χ4v) is 3.51. The Morgan fingerprint density at radius 1 is 1.19 bits per heavy atom. The van der Waals surface area contributed by atoms with E-state index in [4.69, 9.17) is 27.9 Å². The molecule has 1 aromatic rings. The smallest absolute Gasteiger partial charge is 0.407 e. The molecule has 1 saturated heterocycles. The van der Waals surface area contributed by atoms with Crippen LogP contribution in [0.15, 0.2) is 18.2 Å². The van der Waals surface area contributed by atoms with Gasteiger partial charge in [-0.25, -0.2) is 4.79 Å². The molecule has 150 valence electrons. The molecule has 1 aliphatic heterocycles. The third-order valence-corrected chi connectivity index (χ3v) is 4.67. The Labute approximate surface area is 170 Å². The number of alkyl carbamates (subject to hydrolysis) is 1. The van der Waals surface area contributed by atoms with Crippen LogP contribution >= 0.6 is 23.2 Å². The second kappa shape index (κ2) is 9.02. The first-order valence-corrected chi connectivity index (χ1v) is 9.78. The molecular formula is C19H27Cl2N3O3. The molecule has 1 aliphatic rings. The van der Waals surface area contributed by atoms with Crippen LogP contribution < -0.4 is 10.6 Å². The lowest BCUT2D eigenvalue weighted by atomic mass is 9.99. The van der Waals surface area contributed by atoms with Gasteiger partial charge in [-0.2, -0.15) is 0 Å². The molecule has 0 spiro atoms. The molecule has 6 nitrogen and oxygen atoms in total. The van der Waals surface area contributed by atoms with E-state index in [1.165, 1.54) is 0 Å². The van der Waals surface area contributed by atoms with Gasteiger partial charge in [-0.1, -0.05) is 23.2 Å². The van der Waals surface area contributed by atoms with Crippen LogP contribution in [0.4, 0.5) is 10.5 Å². The number of carbonyl (C=O) groups is 2. The molecule has 2 atom stereocenters. The molecule has 0 saturated carbocycles. The normalized spacial score (nSPS) is 20.1. The zero-order chi connectivity index (χ0) is 20.2. The van der Waals surface area contributed by atoms with E-state index >= 15 is 0 Å². The van der Waals surface area contributed by atoms with Crippen molar-refractivity contribution in [3.8, 4) is 0 Å². The van der Waals surface area contributed by atoms with Gasteiger partial charge in [-0.15, -0.1) is 0 Å². The van der Waals surface area contributed by atoms with Gasteiger partial charge in [-0.05, 0) is 58.7 Å². The first-order chi connectivity index (χ1) is 12.5. The number of anilines is 1. The molecule has 0 aliphatic carbocycles. The highest BCUT2D eigenvalue weighted by molar-refractivity contribution is 6.35. The van der Waals surface area contributed by atoms with Crippen LogP contribution in [0.3, 0.4) is 0 Å². The molecule has 1 aromatic carbocycles. The van der Waals surface area contributed by atoms with Crippen molar-refractivity contribution in [3.63, 3.8) is 0 Å². The van der Waals surface area contributed by atoms with E-state index in [0.29, 0.717) is 22.3 Å². The molecule has 2 N–H and O–H groups in total. The van der Waals surface area contributed by atoms with Gasteiger partial charge >= 0.3 is 6.09 Å². The van der Waals surface area contributed by atoms with E-state index in [1.807, 2.05) is 27.7 Å². The van der Waals surface area contributed by atoms with Crippen LogP contribution in [0.25, 0.3) is 0 Å². The SMILES string of the molecule is C[C@@H]1CC[C@H](NC(=O)OC(C)(C)C)CN1C(=O)CNc1cc(Cl)cc(Cl)c1. The highest BCUT2D eigenvalue weighted by atomic mass is 35.5. The lowest BCUT2D eigenvalue weighted by Crippen LogP contribution is -2.54. The molecule has 2 amide bonds. The van der Waals surface area contributed by atoms with Crippen LogP contribution in [0, 0.1) is 0 Å². The molecule has 1 fully saturated rings. The Morgan fingerprint density at radius 3 is 2.41 bits per heavy atom. The highest BCUT2D eigenvalue weighted by Gasteiger charge is 2.30. The minimum Gasteiger partial charge on any atom is -0.444 e. The average molecular weight is 416 g/mol. The highest BCUT2D eigenvalue weighted by Crippen LogP contribution is 2.23. The van der Waals surface area contributed by atoms with Gasteiger partial charge in [-0.3, -0.25) is 4.79 Å². The maximum Gasteiger partial charge on any atom is 0.407 e. The summed E-state index contributed by atoms with van der Waals surface area (Å²) < 4.78 is 5.30. The second-order valence-electron chi connectivity index (χ2n) is 7.83. The molecule has 27 heavy (non-hydrogen) atoms. The van der Waals surface area contributed by atoms with Crippen LogP contribution in [0.2, 0.25) is 10.0 Å². The number of likely N-dealkylation sites (tertiary alicyclic amines) is 1. The van der Waals surface area contributed by atoms with Gasteiger partial charge in [0.1, 0.15) is 5.60 Å². The van der Waals surface area contributed by atoms with Gasteiger partial charge < -0.3 is 20.3 Å². The van der Waals surface area contributed by atoms with Crippen LogP contribution in [-0.2, 0) is 9.53 Å². The number of benzene rings is 1. The summed E-state index contributed by atoms with van der Waals surface area (Å²) in [6.07, 6.45) is 1.16. The Bertz CT molecular complexity index is 671. The molecule has 0 aromatic heterocycles. The van der Waals surface area contributed by atoms with Gasteiger partial charge in [0.15, 0.2) is 0 Å². The summed E-state index contributed by atoms with van der Waals surface area (Å²) >= 11 is 12.0. The number of ether oxygens (including phenoxy) is 1. The summed E-state index contributed by atoms with van der Waals surface area (Å²) in [4.78, 5) is 26.4. The fourth-order valence-electron chi connectivity index (χ4n) is 2.98. The number of hydrogen-bond acceptors (Lipinski definition) is 4. The van der Waals surface area contributed by atoms with E-state index in [0.717, 1.165) is 12.8 Å². The topological polar surface area (TPSA) is 70.7 Å². The average Bonchev–Trinajstić information content (AvgIpc) is 2.51. The third-order valence-electron chi connectivity index (χ3n) is 4.23. The minimum absolute atomic E-state index is 0.0470. The first kappa shape index (κ1) is 21.6. The van der Waals surface area contributed by atoms with Crippen molar-refractivity contribution in [1.82, 2.24) is 10.2 Å². The Hall–Kier alpha value is -1.66. The van der Waals surface area contributed by atoms with Crippen molar-refractivity contribution >= 4 is 40.9 Å². The summed E-state index contributed by atoms with van der Waals surface area (Å²) in [6, 6.07) is 5.05. The molecular weight excluding hydrogens is 389 g/mol. The van der Waals surface area contributed by atoms with Gasteiger partial charge in [0.2, 0.25) is 5.91 Å². The van der Waals surface area contributed by atoms with E-state index in [2.05, 4.69) is 10.6 Å². The predicted molar refractivity (Wildman–Crippen MR) is 109 cm³/mol. The van der Waals surface area contributed by atoms with Gasteiger partial charge in [0.25, 0.3) is 0 Å². The molecule has 2 rings (SSSR count). The zero-order valence-electron chi connectivity index (χ0n) is 16.1. The number of carbonyl (C=O) groups excluding carboxylic acids is 2. The number of halogens is 2. The van der Waals surface area contributed by atoms with Crippen molar-refractivity contribution in [2.45, 2.75) is 58.2 Å². The monoisotopic (exact) mass is 415 g/mol. The number of rotatable bonds is 4. The molecule has 0 radical (unpaired) electrons. The van der Waals surface area contributed by atoms with Gasteiger partial charge in [0.05, 0.1) is 6.54 Å². The Balaban J connectivity index is 1.91. The maximum atomic E-state index is 12.7. The Morgan fingerprint density at radius 2 is 1.81 bits per heavy atom. The maximum absolute atomic E-state index is 12.7. The van der Waals surface area contributed by atoms with Crippen molar-refractivity contribution in [3.05, 3.63) is 28.2 Å². The number of hydrogen-bond donors (Lipinski definition) is 2. The standard InChI is InChI=1S/C19H27Cl2N3O3/c1-12-5-6-15(23-18(26)27-19(2,3)4)11-24(12)17(25)10-22-16-8-13(20)7-14(21)9-16/h7-9,12,15,22H,5-6,10-11H2,1-4H3,(H,23,26)/t12-,15+/m1/s1. The summed E-state index contributed by atoms with van der Waals surface area (Å²) in [5.74, 6) is -0.0470. The van der Waals surface area contributed by atoms with Crippen LogP contribution in [0.5, 0.6) is 0 Å². The van der Waals surface area contributed by atoms with Crippen LogP contribution in [-0.4, -0.2) is 47.7 Å². The number of piperidine rings is 1. The molecule has 0 bridgehead atoms. The lowest BCUT2D eigenvalue weighted by Gasteiger charge is -2.38. The number of nitrogens with one attached hydrogen (secondary N) is 2. The van der Waals surface area contributed by atoms with Crippen molar-refractivity contribution in [2.75, 3.05) is 18.4 Å². The predicted octanol–water partition coefficient (Wildman–Crippen LogP) is 4.31. The molecule has 1 heterocycles. The van der Waals surface area contributed by atoms with Crippen molar-refractivity contribution < 1.29 is 14.3 Å². The van der Waals surface area contributed by atoms with E-state index in [-0.39, 0.29) is 24.5 Å². The summed E-state index contributed by atoms with van der Waals surface area (Å²) in [5, 5.41) is 6.93. The number of amides is 2. The summed E-state index contributed by atoms with van der Waals surface area (Å²) in [5.41, 5.74) is 0.137. The van der Waals surface area contributed by atoms with Gasteiger partial charge in [0, 0.05) is 34.4 Å². The second-order valence-corrected chi connectivity index (χ2v) is 8.70.